The van der Waals surface area contributed by atoms with Crippen LogP contribution in [0.25, 0.3) is 22.3 Å². The third-order valence-corrected chi connectivity index (χ3v) is 3.97. The summed E-state index contributed by atoms with van der Waals surface area (Å²) in [4.78, 5) is 39.3. The number of fused-ring (bicyclic) bond motifs is 2. The molecule has 31 heavy (non-hydrogen) atoms. The summed E-state index contributed by atoms with van der Waals surface area (Å²) in [5, 5.41) is 0. The first-order chi connectivity index (χ1) is 14.3. The first-order valence-electron chi connectivity index (χ1n) is 8.41. The van der Waals surface area contributed by atoms with Gasteiger partial charge in [0.05, 0.1) is 7.11 Å². The number of pyridine rings is 2. The van der Waals surface area contributed by atoms with Crippen molar-refractivity contribution < 1.29 is 12.4 Å². The van der Waals surface area contributed by atoms with Crippen molar-refractivity contribution in [3.05, 3.63) is 63.1 Å². The summed E-state index contributed by atoms with van der Waals surface area (Å²) in [7, 11) is 4.76. The van der Waals surface area contributed by atoms with Crippen LogP contribution in [0, 0.1) is 6.92 Å². The fraction of sp³-hybridized carbons (Fsp3) is 0.263. The normalized spacial score (nSPS) is 9.55. The van der Waals surface area contributed by atoms with Crippen LogP contribution in [0.3, 0.4) is 0 Å². The van der Waals surface area contributed by atoms with Crippen molar-refractivity contribution in [3.63, 3.8) is 0 Å². The first-order valence-corrected chi connectivity index (χ1v) is 9.81. The number of aryl methyl sites for hydroxylation is 3. The molecule has 0 atom stereocenters. The second kappa shape index (κ2) is 11.6. The molecule has 0 aliphatic carbocycles. The molecule has 0 fully saturated rings. The molecule has 0 amide bonds. The average molecular weight is 493 g/mol. The quantitative estimate of drug-likeness (QED) is 0.355. The summed E-state index contributed by atoms with van der Waals surface area (Å²) in [6.07, 6.45) is 3.27. The van der Waals surface area contributed by atoms with E-state index in [2.05, 4.69) is 19.9 Å². The second-order valence-corrected chi connectivity index (χ2v) is 6.09. The molecule has 0 saturated carbocycles. The standard InChI is InChI=1S/C9H9N3O2.C9H9N3O.CH4.O2Se/c1-12-7-6(4-3-5-10-7)11-8(14-2)9(12)13;1-6-9(13)12(2)8-7(11-6)4-3-5-10-8;;1-3-2/h3-5H,1-2H3;3-5H,1-2H3;1H4;. The van der Waals surface area contributed by atoms with Crippen LogP contribution in [0.2, 0.25) is 0 Å². The molecule has 0 aliphatic heterocycles. The molecule has 0 bridgehead atoms. The van der Waals surface area contributed by atoms with Crippen molar-refractivity contribution in [3.8, 4) is 5.88 Å². The predicted octanol–water partition coefficient (Wildman–Crippen LogP) is 0.992. The van der Waals surface area contributed by atoms with Gasteiger partial charge in [-0.3, -0.25) is 18.7 Å². The van der Waals surface area contributed by atoms with Gasteiger partial charge in [-0.2, -0.15) is 0 Å². The molecule has 164 valence electrons. The SMILES string of the molecule is C.COc1nc2cccnc2n(C)c1=O.Cc1nc2cccnc2n(C)c1=O.O=[Se]=O. The van der Waals surface area contributed by atoms with E-state index in [0.29, 0.717) is 22.5 Å². The Morgan fingerprint density at radius 1 is 0.871 bits per heavy atom. The fourth-order valence-electron chi connectivity index (χ4n) is 2.57. The van der Waals surface area contributed by atoms with Crippen LogP contribution < -0.4 is 15.9 Å². The molecule has 0 aliphatic rings. The Labute approximate surface area is 183 Å². The zero-order valence-electron chi connectivity index (χ0n) is 16.6. The Balaban J connectivity index is 0.000000268. The van der Waals surface area contributed by atoms with Gasteiger partial charge in [-0.1, -0.05) is 7.43 Å². The van der Waals surface area contributed by atoms with Crippen LogP contribution in [-0.2, 0) is 21.8 Å². The molecule has 4 aromatic heterocycles. The van der Waals surface area contributed by atoms with Crippen molar-refractivity contribution in [1.29, 1.82) is 0 Å². The molecule has 11 nitrogen and oxygen atoms in total. The van der Waals surface area contributed by atoms with Gasteiger partial charge in [0.1, 0.15) is 16.7 Å². The van der Waals surface area contributed by atoms with Crippen LogP contribution in [0.5, 0.6) is 5.88 Å². The summed E-state index contributed by atoms with van der Waals surface area (Å²) >= 11 is -1.62. The van der Waals surface area contributed by atoms with Gasteiger partial charge < -0.3 is 4.74 Å². The Morgan fingerprint density at radius 3 is 1.81 bits per heavy atom. The van der Waals surface area contributed by atoms with E-state index in [1.807, 2.05) is 6.07 Å². The van der Waals surface area contributed by atoms with E-state index in [1.54, 1.807) is 51.6 Å². The van der Waals surface area contributed by atoms with Crippen LogP contribution in [0.4, 0.5) is 0 Å². The monoisotopic (exact) mass is 494 g/mol. The number of methoxy groups -OCH3 is 1. The Kier molecular flexibility index (Phi) is 9.58. The molecule has 0 spiro atoms. The van der Waals surface area contributed by atoms with Crippen molar-refractivity contribution in [2.45, 2.75) is 14.4 Å². The van der Waals surface area contributed by atoms with E-state index < -0.39 is 14.8 Å². The molecule has 0 radical (unpaired) electrons. The molecular weight excluding hydrogens is 471 g/mol. The maximum atomic E-state index is 11.5. The molecule has 0 saturated heterocycles. The summed E-state index contributed by atoms with van der Waals surface area (Å²) in [6, 6.07) is 7.19. The summed E-state index contributed by atoms with van der Waals surface area (Å²) in [5.74, 6) is 0.0907. The van der Waals surface area contributed by atoms with Crippen molar-refractivity contribution in [1.82, 2.24) is 29.1 Å². The third kappa shape index (κ3) is 5.77. The number of nitrogens with zero attached hydrogens (tertiary/aromatic N) is 6. The molecule has 0 unspecified atom stereocenters. The average Bonchev–Trinajstić information content (AvgIpc) is 2.76. The summed E-state index contributed by atoms with van der Waals surface area (Å²) < 4.78 is 24.7. The number of rotatable bonds is 1. The minimum atomic E-state index is -1.62. The molecule has 0 N–H and O–H groups in total. The van der Waals surface area contributed by atoms with Gasteiger partial charge in [-0.05, 0) is 31.2 Å². The van der Waals surface area contributed by atoms with Gasteiger partial charge in [0.15, 0.2) is 11.3 Å². The summed E-state index contributed by atoms with van der Waals surface area (Å²) in [6.45, 7) is 1.70. The predicted molar refractivity (Wildman–Crippen MR) is 115 cm³/mol. The van der Waals surface area contributed by atoms with Crippen LogP contribution in [0.1, 0.15) is 13.1 Å². The third-order valence-electron chi connectivity index (χ3n) is 3.97. The Bertz CT molecular complexity index is 1350. The van der Waals surface area contributed by atoms with E-state index in [9.17, 15) is 9.59 Å². The Morgan fingerprint density at radius 2 is 1.32 bits per heavy atom. The number of hydrogen-bond donors (Lipinski definition) is 0. The zero-order chi connectivity index (χ0) is 22.3. The minimum absolute atomic E-state index is 0. The topological polar surface area (TPSA) is 139 Å². The fourth-order valence-corrected chi connectivity index (χ4v) is 2.57. The van der Waals surface area contributed by atoms with Gasteiger partial charge in [-0.15, -0.1) is 0 Å². The molecule has 0 aromatic carbocycles. The molecular formula is C19H22N6O5Se. The Hall–Kier alpha value is -3.50. The van der Waals surface area contributed by atoms with E-state index in [0.717, 1.165) is 5.52 Å². The van der Waals surface area contributed by atoms with E-state index >= 15 is 0 Å². The van der Waals surface area contributed by atoms with Crippen LogP contribution >= 0.6 is 0 Å². The van der Waals surface area contributed by atoms with Crippen molar-refractivity contribution in [2.24, 2.45) is 14.1 Å². The van der Waals surface area contributed by atoms with Gasteiger partial charge >= 0.3 is 28.0 Å². The van der Waals surface area contributed by atoms with Crippen LogP contribution in [0.15, 0.2) is 46.2 Å². The zero-order valence-corrected chi connectivity index (χ0v) is 18.3. The van der Waals surface area contributed by atoms with E-state index in [1.165, 1.54) is 16.2 Å². The van der Waals surface area contributed by atoms with Gasteiger partial charge in [0.2, 0.25) is 0 Å². The first kappa shape index (κ1) is 25.5. The van der Waals surface area contributed by atoms with Crippen molar-refractivity contribution in [2.75, 3.05) is 7.11 Å². The second-order valence-electron chi connectivity index (χ2n) is 5.81. The maximum absolute atomic E-state index is 11.5. The van der Waals surface area contributed by atoms with Gasteiger partial charge in [0, 0.05) is 26.5 Å². The molecule has 4 heterocycles. The number of ether oxygens (including phenoxy) is 1. The van der Waals surface area contributed by atoms with Crippen LogP contribution in [-0.4, -0.2) is 51.0 Å². The number of aromatic nitrogens is 6. The summed E-state index contributed by atoms with van der Waals surface area (Å²) in [5.41, 5.74) is 2.71. The van der Waals surface area contributed by atoms with E-state index in [-0.39, 0.29) is 24.4 Å². The van der Waals surface area contributed by atoms with Crippen molar-refractivity contribution >= 4 is 37.1 Å². The molecule has 4 rings (SSSR count). The number of hydrogen-bond acceptors (Lipinski definition) is 9. The van der Waals surface area contributed by atoms with Gasteiger partial charge in [0.25, 0.3) is 11.4 Å². The molecule has 4 aromatic rings. The molecule has 12 heteroatoms. The van der Waals surface area contributed by atoms with E-state index in [4.69, 9.17) is 12.4 Å². The van der Waals surface area contributed by atoms with Gasteiger partial charge in [-0.25, -0.2) is 19.9 Å².